The van der Waals surface area contributed by atoms with E-state index in [9.17, 15) is 13.2 Å². The van der Waals surface area contributed by atoms with E-state index < -0.39 is 21.3 Å². The summed E-state index contributed by atoms with van der Waals surface area (Å²) in [5.41, 5.74) is 5.92. The van der Waals surface area contributed by atoms with Gasteiger partial charge in [0, 0.05) is 5.69 Å². The Balaban J connectivity index is 1.39. The Kier molecular flexibility index (Phi) is 6.16. The van der Waals surface area contributed by atoms with Crippen molar-refractivity contribution in [3.8, 4) is 0 Å². The van der Waals surface area contributed by atoms with Crippen molar-refractivity contribution in [2.24, 2.45) is 0 Å². The summed E-state index contributed by atoms with van der Waals surface area (Å²) in [5.74, 6) is 0. The van der Waals surface area contributed by atoms with Crippen LogP contribution in [0.4, 0.5) is 10.5 Å². The summed E-state index contributed by atoms with van der Waals surface area (Å²) in [6.07, 6.45) is 10.4. The molecular weight excluding hydrogens is 386 g/mol. The SMILES string of the molecule is CC(CCN1CCCCC1)S(=O)(=O)NC(=O)Nc1c2c(cc3c1CCC3)CCC2. The van der Waals surface area contributed by atoms with Gasteiger partial charge < -0.3 is 10.2 Å². The summed E-state index contributed by atoms with van der Waals surface area (Å²) >= 11 is 0. The summed E-state index contributed by atoms with van der Waals surface area (Å²) in [7, 11) is -3.70. The molecule has 1 saturated heterocycles. The third kappa shape index (κ3) is 4.61. The van der Waals surface area contributed by atoms with Crippen LogP contribution in [0.25, 0.3) is 0 Å². The summed E-state index contributed by atoms with van der Waals surface area (Å²) in [4.78, 5) is 15.0. The molecule has 29 heavy (non-hydrogen) atoms. The monoisotopic (exact) mass is 419 g/mol. The zero-order valence-electron chi connectivity index (χ0n) is 17.4. The number of nitrogens with one attached hydrogen (secondary N) is 2. The Morgan fingerprint density at radius 2 is 1.62 bits per heavy atom. The van der Waals surface area contributed by atoms with Gasteiger partial charge in [-0.25, -0.2) is 17.9 Å². The first-order valence-corrected chi connectivity index (χ1v) is 12.7. The number of carbonyl (C=O) groups excluding carboxylic acids is 1. The third-order valence-electron chi connectivity index (χ3n) is 6.78. The number of carbonyl (C=O) groups is 1. The fourth-order valence-electron chi connectivity index (χ4n) is 5.04. The number of benzene rings is 1. The Bertz CT molecular complexity index is 844. The van der Waals surface area contributed by atoms with E-state index in [1.807, 2.05) is 0 Å². The Hall–Kier alpha value is -1.60. The molecule has 1 aliphatic heterocycles. The summed E-state index contributed by atoms with van der Waals surface area (Å²) in [6.45, 7) is 4.55. The molecule has 2 aliphatic carbocycles. The number of urea groups is 1. The number of likely N-dealkylation sites (tertiary alicyclic amines) is 1. The molecule has 2 N–H and O–H groups in total. The van der Waals surface area contributed by atoms with Gasteiger partial charge in [-0.3, -0.25) is 0 Å². The van der Waals surface area contributed by atoms with Crippen molar-refractivity contribution in [3.63, 3.8) is 0 Å². The zero-order valence-corrected chi connectivity index (χ0v) is 18.2. The highest BCUT2D eigenvalue weighted by molar-refractivity contribution is 7.90. The molecule has 1 aromatic carbocycles. The topological polar surface area (TPSA) is 78.5 Å². The Morgan fingerprint density at radius 1 is 1.00 bits per heavy atom. The van der Waals surface area contributed by atoms with Crippen molar-refractivity contribution < 1.29 is 13.2 Å². The van der Waals surface area contributed by atoms with Gasteiger partial charge in [0.25, 0.3) is 0 Å². The van der Waals surface area contributed by atoms with Crippen LogP contribution in [0.5, 0.6) is 0 Å². The van der Waals surface area contributed by atoms with Crippen LogP contribution in [0.2, 0.25) is 0 Å². The lowest BCUT2D eigenvalue weighted by Gasteiger charge is -2.27. The summed E-state index contributed by atoms with van der Waals surface area (Å²) in [6, 6.07) is 1.68. The summed E-state index contributed by atoms with van der Waals surface area (Å²) < 4.78 is 27.6. The minimum Gasteiger partial charge on any atom is -0.307 e. The average Bonchev–Trinajstić information content (AvgIpc) is 3.35. The highest BCUT2D eigenvalue weighted by Crippen LogP contribution is 2.38. The molecule has 1 atom stereocenters. The van der Waals surface area contributed by atoms with Crippen LogP contribution in [0.3, 0.4) is 0 Å². The molecule has 1 heterocycles. The first-order chi connectivity index (χ1) is 13.9. The van der Waals surface area contributed by atoms with Crippen molar-refractivity contribution >= 4 is 21.7 Å². The van der Waals surface area contributed by atoms with Crippen LogP contribution in [0.1, 0.15) is 67.7 Å². The lowest BCUT2D eigenvalue weighted by Crippen LogP contribution is -2.41. The van der Waals surface area contributed by atoms with Crippen molar-refractivity contribution in [3.05, 3.63) is 28.3 Å². The maximum absolute atomic E-state index is 12.7. The van der Waals surface area contributed by atoms with Crippen molar-refractivity contribution in [1.29, 1.82) is 0 Å². The van der Waals surface area contributed by atoms with E-state index in [0.29, 0.717) is 6.42 Å². The number of nitrogens with zero attached hydrogens (tertiary/aromatic N) is 1. The Morgan fingerprint density at radius 3 is 2.24 bits per heavy atom. The van der Waals surface area contributed by atoms with Crippen molar-refractivity contribution in [2.75, 3.05) is 25.0 Å². The Labute approximate surface area is 174 Å². The molecule has 3 aliphatic rings. The maximum atomic E-state index is 12.7. The van der Waals surface area contributed by atoms with Crippen LogP contribution in [-0.2, 0) is 35.7 Å². The summed E-state index contributed by atoms with van der Waals surface area (Å²) in [5, 5.41) is 2.32. The molecular formula is C22H33N3O3S. The second-order valence-corrected chi connectivity index (χ2v) is 10.9. The maximum Gasteiger partial charge on any atom is 0.332 e. The minimum atomic E-state index is -3.70. The van der Waals surface area contributed by atoms with E-state index in [2.05, 4.69) is 21.0 Å². The fourth-order valence-corrected chi connectivity index (χ4v) is 5.96. The van der Waals surface area contributed by atoms with Gasteiger partial charge in [-0.2, -0.15) is 0 Å². The first-order valence-electron chi connectivity index (χ1n) is 11.2. The molecule has 0 saturated carbocycles. The smallest absolute Gasteiger partial charge is 0.307 e. The minimum absolute atomic E-state index is 0.540. The van der Waals surface area contributed by atoms with Crippen molar-refractivity contribution in [2.45, 2.75) is 76.4 Å². The normalized spacial score (nSPS) is 20.2. The van der Waals surface area contributed by atoms with Crippen LogP contribution in [0.15, 0.2) is 6.07 Å². The molecule has 2 amide bonds. The number of rotatable bonds is 6. The van der Waals surface area contributed by atoms with Gasteiger partial charge in [0.15, 0.2) is 0 Å². The second-order valence-electron chi connectivity index (χ2n) is 8.84. The molecule has 0 bridgehead atoms. The van der Waals surface area contributed by atoms with Crippen LogP contribution >= 0.6 is 0 Å². The second kappa shape index (κ2) is 8.64. The van der Waals surface area contributed by atoms with Gasteiger partial charge in [0.05, 0.1) is 5.25 Å². The highest BCUT2D eigenvalue weighted by Gasteiger charge is 2.28. The highest BCUT2D eigenvalue weighted by atomic mass is 32.2. The average molecular weight is 420 g/mol. The van der Waals surface area contributed by atoms with Crippen LogP contribution in [0, 0.1) is 0 Å². The van der Waals surface area contributed by atoms with E-state index in [-0.39, 0.29) is 0 Å². The van der Waals surface area contributed by atoms with Gasteiger partial charge in [0.1, 0.15) is 0 Å². The lowest BCUT2D eigenvalue weighted by molar-refractivity contribution is 0.226. The van der Waals surface area contributed by atoms with E-state index in [1.54, 1.807) is 6.92 Å². The molecule has 0 radical (unpaired) electrons. The number of amides is 2. The number of fused-ring (bicyclic) bond motifs is 2. The van der Waals surface area contributed by atoms with Gasteiger partial charge in [-0.05, 0) is 107 Å². The van der Waals surface area contributed by atoms with Gasteiger partial charge in [0.2, 0.25) is 10.0 Å². The number of aryl methyl sites for hydroxylation is 2. The van der Waals surface area contributed by atoms with E-state index in [0.717, 1.165) is 63.8 Å². The van der Waals surface area contributed by atoms with Crippen LogP contribution < -0.4 is 10.0 Å². The first kappa shape index (κ1) is 20.7. The lowest BCUT2D eigenvalue weighted by atomic mass is 9.99. The van der Waals surface area contributed by atoms with E-state index >= 15 is 0 Å². The number of hydrogen-bond acceptors (Lipinski definition) is 4. The molecule has 1 fully saturated rings. The molecule has 0 aromatic heterocycles. The number of anilines is 1. The number of sulfonamides is 1. The third-order valence-corrected chi connectivity index (χ3v) is 8.54. The van der Waals surface area contributed by atoms with Crippen molar-refractivity contribution in [1.82, 2.24) is 9.62 Å². The predicted octanol–water partition coefficient (Wildman–Crippen LogP) is 3.38. The van der Waals surface area contributed by atoms with E-state index in [4.69, 9.17) is 0 Å². The molecule has 1 unspecified atom stereocenters. The van der Waals surface area contributed by atoms with Gasteiger partial charge >= 0.3 is 6.03 Å². The van der Waals surface area contributed by atoms with Gasteiger partial charge in [-0.15, -0.1) is 0 Å². The molecule has 1 aromatic rings. The molecule has 7 heteroatoms. The molecule has 6 nitrogen and oxygen atoms in total. The predicted molar refractivity (Wildman–Crippen MR) is 116 cm³/mol. The standard InChI is InChI=1S/C22H33N3O3S/c1-16(11-14-25-12-3-2-4-13-25)29(27,28)24-22(26)23-21-19-9-5-7-17(19)15-18-8-6-10-20(18)21/h15-16H,2-14H2,1H3,(H2,23,24,26). The zero-order chi connectivity index (χ0) is 20.4. The van der Waals surface area contributed by atoms with E-state index in [1.165, 1.54) is 41.5 Å². The van der Waals surface area contributed by atoms with Crippen LogP contribution in [-0.4, -0.2) is 44.2 Å². The molecule has 160 valence electrons. The van der Waals surface area contributed by atoms with Gasteiger partial charge in [-0.1, -0.05) is 12.5 Å². The quantitative estimate of drug-likeness (QED) is 0.741. The number of hydrogen-bond donors (Lipinski definition) is 2. The molecule has 0 spiro atoms. The number of piperidine rings is 1. The fraction of sp³-hybridized carbons (Fsp3) is 0.682. The largest absolute Gasteiger partial charge is 0.332 e. The molecule has 4 rings (SSSR count).